The number of alkyl halides is 3. The molecule has 2 heterocycles. The second-order valence-electron chi connectivity index (χ2n) is 7.86. The molecule has 0 fully saturated rings. The summed E-state index contributed by atoms with van der Waals surface area (Å²) in [6.07, 6.45) is -4.49. The third kappa shape index (κ3) is 3.69. The van der Waals surface area contributed by atoms with E-state index in [9.17, 15) is 23.2 Å². The molecular formula is C26H14F4N2O3. The van der Waals surface area contributed by atoms with Gasteiger partial charge >= 0.3 is 11.8 Å². The molecular weight excluding hydrogens is 464 g/mol. The number of nitrogens with two attached hydrogens (primary N) is 1. The van der Waals surface area contributed by atoms with Crippen LogP contribution in [-0.4, -0.2) is 0 Å². The number of benzene rings is 3. The fourth-order valence-corrected chi connectivity index (χ4v) is 4.17. The molecule has 0 saturated heterocycles. The molecule has 1 atom stereocenters. The number of fused-ring (bicyclic) bond motifs is 3. The highest BCUT2D eigenvalue weighted by Gasteiger charge is 2.37. The third-order valence-electron chi connectivity index (χ3n) is 5.83. The van der Waals surface area contributed by atoms with Gasteiger partial charge in [-0.2, -0.15) is 18.4 Å². The summed E-state index contributed by atoms with van der Waals surface area (Å²) < 4.78 is 65.0. The van der Waals surface area contributed by atoms with Gasteiger partial charge in [-0.25, -0.2) is 9.18 Å². The summed E-state index contributed by atoms with van der Waals surface area (Å²) in [5, 5.41) is 10.1. The topological polar surface area (TPSA) is 89.3 Å². The van der Waals surface area contributed by atoms with Crippen LogP contribution < -0.4 is 16.1 Å². The van der Waals surface area contributed by atoms with Crippen molar-refractivity contribution in [3.63, 3.8) is 0 Å². The van der Waals surface area contributed by atoms with E-state index in [0.29, 0.717) is 16.5 Å². The lowest BCUT2D eigenvalue weighted by Gasteiger charge is -2.26. The molecule has 5 rings (SSSR count). The average molecular weight is 478 g/mol. The van der Waals surface area contributed by atoms with Crippen molar-refractivity contribution in [2.24, 2.45) is 5.73 Å². The van der Waals surface area contributed by atoms with Gasteiger partial charge in [-0.15, -0.1) is 0 Å². The Morgan fingerprint density at radius 3 is 2.31 bits per heavy atom. The Bertz CT molecular complexity index is 1610. The normalized spacial score (nSPS) is 15.5. The van der Waals surface area contributed by atoms with Crippen LogP contribution in [0.15, 0.2) is 87.4 Å². The first-order chi connectivity index (χ1) is 16.7. The van der Waals surface area contributed by atoms with E-state index in [1.165, 1.54) is 24.3 Å². The summed E-state index contributed by atoms with van der Waals surface area (Å²) in [4.78, 5) is 12.9. The van der Waals surface area contributed by atoms with Gasteiger partial charge in [-0.3, -0.25) is 0 Å². The number of allylic oxidation sites excluding steroid dienone is 1. The quantitative estimate of drug-likeness (QED) is 0.289. The smallest absolute Gasteiger partial charge is 0.416 e. The molecule has 1 aliphatic rings. The molecule has 0 saturated carbocycles. The zero-order valence-electron chi connectivity index (χ0n) is 17.7. The molecule has 0 bridgehead atoms. The Morgan fingerprint density at radius 2 is 1.66 bits per heavy atom. The van der Waals surface area contributed by atoms with E-state index in [0.717, 1.165) is 18.2 Å². The summed E-state index contributed by atoms with van der Waals surface area (Å²) in [7, 11) is 0. The molecule has 1 unspecified atom stereocenters. The van der Waals surface area contributed by atoms with Crippen molar-refractivity contribution in [1.29, 1.82) is 5.26 Å². The monoisotopic (exact) mass is 478 g/mol. The van der Waals surface area contributed by atoms with Crippen molar-refractivity contribution < 1.29 is 26.7 Å². The Morgan fingerprint density at radius 1 is 0.971 bits per heavy atom. The van der Waals surface area contributed by atoms with E-state index in [-0.39, 0.29) is 33.9 Å². The molecule has 0 spiro atoms. The average Bonchev–Trinajstić information content (AvgIpc) is 2.83. The highest BCUT2D eigenvalue weighted by molar-refractivity contribution is 5.86. The fraction of sp³-hybridized carbons (Fsp3) is 0.0769. The van der Waals surface area contributed by atoms with E-state index in [4.69, 9.17) is 14.9 Å². The number of nitriles is 1. The Hall–Kier alpha value is -4.58. The van der Waals surface area contributed by atoms with Crippen LogP contribution in [0, 0.1) is 17.1 Å². The summed E-state index contributed by atoms with van der Waals surface area (Å²) >= 11 is 0. The summed E-state index contributed by atoms with van der Waals surface area (Å²) in [6.45, 7) is 0. The number of rotatable bonds is 2. The van der Waals surface area contributed by atoms with Crippen molar-refractivity contribution in [1.82, 2.24) is 0 Å². The van der Waals surface area contributed by atoms with Crippen LogP contribution in [0.25, 0.3) is 22.1 Å². The molecule has 35 heavy (non-hydrogen) atoms. The number of hydrogen-bond donors (Lipinski definition) is 1. The molecule has 4 aromatic rings. The van der Waals surface area contributed by atoms with Gasteiger partial charge in [0, 0.05) is 5.56 Å². The molecule has 0 radical (unpaired) electrons. The second kappa shape index (κ2) is 8.02. The second-order valence-corrected chi connectivity index (χ2v) is 7.86. The summed E-state index contributed by atoms with van der Waals surface area (Å²) in [6, 6.07) is 16.7. The van der Waals surface area contributed by atoms with Gasteiger partial charge < -0.3 is 14.9 Å². The summed E-state index contributed by atoms with van der Waals surface area (Å²) in [5.41, 5.74) is 4.98. The van der Waals surface area contributed by atoms with Crippen LogP contribution >= 0.6 is 0 Å². The lowest BCUT2D eigenvalue weighted by molar-refractivity contribution is -0.137. The number of hydrogen-bond acceptors (Lipinski definition) is 5. The Balaban J connectivity index is 1.65. The molecule has 0 amide bonds. The third-order valence-corrected chi connectivity index (χ3v) is 5.83. The van der Waals surface area contributed by atoms with Crippen LogP contribution in [-0.2, 0) is 6.18 Å². The van der Waals surface area contributed by atoms with Gasteiger partial charge in [0.2, 0.25) is 5.88 Å². The van der Waals surface area contributed by atoms with E-state index in [1.54, 1.807) is 24.3 Å². The van der Waals surface area contributed by atoms with Crippen molar-refractivity contribution in [2.45, 2.75) is 12.1 Å². The zero-order chi connectivity index (χ0) is 24.9. The lowest BCUT2D eigenvalue weighted by Crippen LogP contribution is -2.26. The molecule has 5 nitrogen and oxygen atoms in total. The predicted molar refractivity (Wildman–Crippen MR) is 119 cm³/mol. The van der Waals surface area contributed by atoms with E-state index >= 15 is 4.39 Å². The fourth-order valence-electron chi connectivity index (χ4n) is 4.17. The lowest BCUT2D eigenvalue weighted by atomic mass is 9.83. The standard InChI is InChI=1S/C26H14F4N2O3/c27-19-11-14(13-5-8-15(9-6-13)26(28,29)30)7-10-16(19)21-18(12-31)24(32)35-23-17-3-1-2-4-20(17)34-25(33)22(21)23/h1-11,21H,32H2. The molecule has 2 N–H and O–H groups in total. The first kappa shape index (κ1) is 22.2. The van der Waals surface area contributed by atoms with Gasteiger partial charge in [0.1, 0.15) is 23.0 Å². The van der Waals surface area contributed by atoms with E-state index < -0.39 is 29.1 Å². The van der Waals surface area contributed by atoms with E-state index in [2.05, 4.69) is 0 Å². The maximum absolute atomic E-state index is 15.4. The van der Waals surface area contributed by atoms with Gasteiger partial charge in [0.15, 0.2) is 5.75 Å². The SMILES string of the molecule is N#CC1=C(N)Oc2c(c(=O)oc3ccccc23)C1c1ccc(-c2ccc(C(F)(F)F)cc2)cc1F. The number of para-hydroxylation sites is 1. The van der Waals surface area contributed by atoms with Gasteiger partial charge in [0.25, 0.3) is 0 Å². The molecule has 1 aromatic heterocycles. The predicted octanol–water partition coefficient (Wildman–Crippen LogP) is 5.84. The van der Waals surface area contributed by atoms with Crippen LogP contribution in [0.3, 0.4) is 0 Å². The van der Waals surface area contributed by atoms with Gasteiger partial charge in [0.05, 0.1) is 22.4 Å². The molecule has 1 aliphatic heterocycles. The van der Waals surface area contributed by atoms with E-state index in [1.807, 2.05) is 6.07 Å². The highest BCUT2D eigenvalue weighted by Crippen LogP contribution is 2.44. The Kier molecular flexibility index (Phi) is 5.09. The molecule has 174 valence electrons. The summed E-state index contributed by atoms with van der Waals surface area (Å²) in [5.74, 6) is -2.18. The minimum atomic E-state index is -4.49. The van der Waals surface area contributed by atoms with Crippen LogP contribution in [0.1, 0.15) is 22.6 Å². The molecule has 3 aromatic carbocycles. The minimum absolute atomic E-state index is 0.0349. The largest absolute Gasteiger partial charge is 0.439 e. The number of ether oxygens (including phenoxy) is 1. The van der Waals surface area contributed by atoms with Crippen LogP contribution in [0.2, 0.25) is 0 Å². The maximum Gasteiger partial charge on any atom is 0.416 e. The van der Waals surface area contributed by atoms with Crippen molar-refractivity contribution in [3.8, 4) is 22.9 Å². The van der Waals surface area contributed by atoms with Gasteiger partial charge in [-0.05, 0) is 41.5 Å². The first-order valence-electron chi connectivity index (χ1n) is 10.3. The first-order valence-corrected chi connectivity index (χ1v) is 10.3. The van der Waals surface area contributed by atoms with Crippen LogP contribution in [0.4, 0.5) is 17.6 Å². The number of nitrogens with zero attached hydrogens (tertiary/aromatic N) is 1. The molecule has 9 heteroatoms. The van der Waals surface area contributed by atoms with Crippen LogP contribution in [0.5, 0.6) is 5.75 Å². The highest BCUT2D eigenvalue weighted by atomic mass is 19.4. The number of halogens is 4. The Labute approximate surface area is 195 Å². The zero-order valence-corrected chi connectivity index (χ0v) is 17.7. The van der Waals surface area contributed by atoms with Crippen molar-refractivity contribution in [3.05, 3.63) is 111 Å². The van der Waals surface area contributed by atoms with Crippen molar-refractivity contribution >= 4 is 11.0 Å². The van der Waals surface area contributed by atoms with Crippen molar-refractivity contribution in [2.75, 3.05) is 0 Å². The minimum Gasteiger partial charge on any atom is -0.439 e. The maximum atomic E-state index is 15.4. The van der Waals surface area contributed by atoms with Gasteiger partial charge in [-0.1, -0.05) is 36.4 Å². The molecule has 0 aliphatic carbocycles.